The van der Waals surface area contributed by atoms with Gasteiger partial charge in [-0.15, -0.1) is 0 Å². The van der Waals surface area contributed by atoms with E-state index < -0.39 is 15.8 Å². The second-order valence-corrected chi connectivity index (χ2v) is 13.9. The first-order valence-electron chi connectivity index (χ1n) is 10.3. The van der Waals surface area contributed by atoms with Gasteiger partial charge in [0.2, 0.25) is 0 Å². The van der Waals surface area contributed by atoms with E-state index in [1.807, 2.05) is 0 Å². The van der Waals surface area contributed by atoms with Crippen molar-refractivity contribution in [2.75, 3.05) is 0 Å². The Kier molecular flexibility index (Phi) is 7.06. The lowest BCUT2D eigenvalue weighted by Crippen LogP contribution is -2.34. The Bertz CT molecular complexity index is 875. The number of hydrogen-bond donors (Lipinski definition) is 1. The zero-order valence-electron chi connectivity index (χ0n) is 17.1. The highest BCUT2D eigenvalue weighted by molar-refractivity contribution is 8.09. The van der Waals surface area contributed by atoms with Gasteiger partial charge in [0.05, 0.1) is 4.23 Å². The molecule has 0 radical (unpaired) electrons. The van der Waals surface area contributed by atoms with Crippen LogP contribution in [-0.4, -0.2) is 4.23 Å². The highest BCUT2D eigenvalue weighted by atomic mass is 32.1. The summed E-state index contributed by atoms with van der Waals surface area (Å²) in [7, 11) is -1.38. The summed E-state index contributed by atoms with van der Waals surface area (Å²) in [6, 6.07) is 43.9. The Morgan fingerprint density at radius 3 is 0.933 bits per heavy atom. The van der Waals surface area contributed by atoms with Crippen LogP contribution < -0.4 is 21.2 Å². The third-order valence-electron chi connectivity index (χ3n) is 5.25. The molecule has 0 fully saturated rings. The Balaban J connectivity index is 1.95. The minimum atomic E-state index is -0.690. The fourth-order valence-electron chi connectivity index (χ4n) is 3.85. The molecule has 0 unspecified atom stereocenters. The van der Waals surface area contributed by atoms with E-state index in [0.29, 0.717) is 0 Å². The van der Waals surface area contributed by atoms with Crippen LogP contribution in [0, 0.1) is 0 Å². The fourth-order valence-corrected chi connectivity index (χ4v) is 12.2. The van der Waals surface area contributed by atoms with E-state index in [9.17, 15) is 0 Å². The molecule has 0 aliphatic carbocycles. The van der Waals surface area contributed by atoms with E-state index in [0.717, 1.165) is 6.42 Å². The van der Waals surface area contributed by atoms with Crippen molar-refractivity contribution in [2.45, 2.75) is 17.6 Å². The molecular formula is C27H26P2S. The van der Waals surface area contributed by atoms with Crippen LogP contribution in [0.4, 0.5) is 0 Å². The molecule has 150 valence electrons. The van der Waals surface area contributed by atoms with Crippen LogP contribution in [0.25, 0.3) is 0 Å². The first-order chi connectivity index (χ1) is 14.7. The molecule has 3 heteroatoms. The van der Waals surface area contributed by atoms with Crippen molar-refractivity contribution in [3.05, 3.63) is 121 Å². The number of benzene rings is 4. The predicted molar refractivity (Wildman–Crippen MR) is 140 cm³/mol. The monoisotopic (exact) mass is 444 g/mol. The van der Waals surface area contributed by atoms with Gasteiger partial charge in [-0.1, -0.05) is 128 Å². The third-order valence-corrected chi connectivity index (χ3v) is 13.3. The summed E-state index contributed by atoms with van der Waals surface area (Å²) in [5.74, 6) is 0. The van der Waals surface area contributed by atoms with Gasteiger partial charge >= 0.3 is 0 Å². The van der Waals surface area contributed by atoms with Crippen molar-refractivity contribution in [1.29, 1.82) is 0 Å². The van der Waals surface area contributed by atoms with Crippen LogP contribution in [0.3, 0.4) is 0 Å². The molecule has 4 aromatic rings. The maximum atomic E-state index is 5.61. The van der Waals surface area contributed by atoms with Gasteiger partial charge in [0.25, 0.3) is 0 Å². The van der Waals surface area contributed by atoms with Gasteiger partial charge in [0, 0.05) is 0 Å². The largest absolute Gasteiger partial charge is 0.162 e. The highest BCUT2D eigenvalue weighted by Gasteiger charge is 2.44. The molecule has 0 aliphatic heterocycles. The second kappa shape index (κ2) is 9.93. The summed E-state index contributed by atoms with van der Waals surface area (Å²) in [5.41, 5.74) is 0. The molecule has 0 N–H and O–H groups in total. The summed E-state index contributed by atoms with van der Waals surface area (Å²) in [5, 5.41) is 5.54. The predicted octanol–water partition coefficient (Wildman–Crippen LogP) is 6.25. The first kappa shape index (κ1) is 21.3. The summed E-state index contributed by atoms with van der Waals surface area (Å²) in [6.07, 6.45) is 0.987. The van der Waals surface area contributed by atoms with Crippen molar-refractivity contribution in [3.63, 3.8) is 0 Å². The first-order valence-corrected chi connectivity index (χ1v) is 13.4. The minimum Gasteiger partial charge on any atom is -0.162 e. The summed E-state index contributed by atoms with van der Waals surface area (Å²) < 4.78 is -0.184. The maximum absolute atomic E-state index is 5.61. The van der Waals surface area contributed by atoms with E-state index in [-0.39, 0.29) is 4.23 Å². The molecule has 4 aromatic carbocycles. The van der Waals surface area contributed by atoms with Gasteiger partial charge in [-0.2, -0.15) is 12.6 Å². The van der Waals surface area contributed by atoms with Crippen molar-refractivity contribution in [1.82, 2.24) is 0 Å². The SMILES string of the molecule is CCC(S)(P(c1ccccc1)c1ccccc1)P(c1ccccc1)c1ccccc1. The van der Waals surface area contributed by atoms with Crippen molar-refractivity contribution in [3.8, 4) is 0 Å². The van der Waals surface area contributed by atoms with Crippen LogP contribution >= 0.6 is 28.5 Å². The third kappa shape index (κ3) is 4.40. The van der Waals surface area contributed by atoms with E-state index in [2.05, 4.69) is 128 Å². The van der Waals surface area contributed by atoms with Crippen LogP contribution in [0.1, 0.15) is 13.3 Å². The Morgan fingerprint density at radius 1 is 0.500 bits per heavy atom. The molecule has 0 amide bonds. The van der Waals surface area contributed by atoms with Gasteiger partial charge < -0.3 is 0 Å². The summed E-state index contributed by atoms with van der Waals surface area (Å²) in [6.45, 7) is 2.30. The quantitative estimate of drug-likeness (QED) is 0.253. The topological polar surface area (TPSA) is 0 Å². The number of hydrogen-bond acceptors (Lipinski definition) is 1. The lowest BCUT2D eigenvalue weighted by molar-refractivity contribution is 0.998. The summed E-state index contributed by atoms with van der Waals surface area (Å²) >= 11 is 5.61. The molecule has 30 heavy (non-hydrogen) atoms. The van der Waals surface area contributed by atoms with Crippen LogP contribution in [0.2, 0.25) is 0 Å². The number of thiol groups is 1. The number of rotatable bonds is 7. The molecule has 0 aromatic heterocycles. The molecule has 0 aliphatic rings. The van der Waals surface area contributed by atoms with E-state index in [4.69, 9.17) is 12.6 Å². The maximum Gasteiger partial charge on any atom is 0.0682 e. The zero-order chi connectivity index (χ0) is 20.8. The molecule has 0 spiro atoms. The Morgan fingerprint density at radius 2 is 0.733 bits per heavy atom. The van der Waals surface area contributed by atoms with Gasteiger partial charge in [-0.25, -0.2) is 0 Å². The zero-order valence-corrected chi connectivity index (χ0v) is 19.8. The smallest absolute Gasteiger partial charge is 0.0682 e. The highest BCUT2D eigenvalue weighted by Crippen LogP contribution is 2.68. The van der Waals surface area contributed by atoms with E-state index >= 15 is 0 Å². The van der Waals surface area contributed by atoms with Crippen molar-refractivity contribution in [2.24, 2.45) is 0 Å². The molecule has 0 bridgehead atoms. The molecule has 4 rings (SSSR count). The molecular weight excluding hydrogens is 418 g/mol. The van der Waals surface area contributed by atoms with Crippen LogP contribution in [0.15, 0.2) is 121 Å². The second-order valence-electron chi connectivity index (χ2n) is 7.14. The van der Waals surface area contributed by atoms with E-state index in [1.165, 1.54) is 21.2 Å². The molecule has 0 saturated carbocycles. The molecule has 0 heterocycles. The van der Waals surface area contributed by atoms with Gasteiger partial charge in [0.1, 0.15) is 0 Å². The van der Waals surface area contributed by atoms with Crippen molar-refractivity contribution >= 4 is 49.7 Å². The molecule has 0 atom stereocenters. The normalized spacial score (nSPS) is 11.7. The standard InChI is InChI=1S/C27H26P2S/c1-2-27(30,28(23-15-7-3-8-16-23)24-17-9-4-10-18-24)29(25-19-11-5-12-20-25)26-21-13-6-14-22-26/h3-22,30H,2H2,1H3. The fraction of sp³-hybridized carbons (Fsp3) is 0.111. The molecule has 0 nitrogen and oxygen atoms in total. The van der Waals surface area contributed by atoms with Crippen molar-refractivity contribution < 1.29 is 0 Å². The average molecular weight is 445 g/mol. The molecule has 0 saturated heterocycles. The Hall–Kier alpha value is -1.91. The lowest BCUT2D eigenvalue weighted by Gasteiger charge is -2.44. The van der Waals surface area contributed by atoms with Gasteiger partial charge in [-0.3, -0.25) is 0 Å². The van der Waals surface area contributed by atoms with E-state index in [1.54, 1.807) is 0 Å². The Labute approximate surface area is 188 Å². The average Bonchev–Trinajstić information content (AvgIpc) is 2.82. The van der Waals surface area contributed by atoms with Crippen LogP contribution in [-0.2, 0) is 0 Å². The lowest BCUT2D eigenvalue weighted by atomic mass is 10.4. The van der Waals surface area contributed by atoms with Gasteiger partial charge in [-0.05, 0) is 43.5 Å². The minimum absolute atomic E-state index is 0.184. The van der Waals surface area contributed by atoms with Crippen LogP contribution in [0.5, 0.6) is 0 Å². The summed E-state index contributed by atoms with van der Waals surface area (Å²) in [4.78, 5) is 0. The van der Waals surface area contributed by atoms with Gasteiger partial charge in [0.15, 0.2) is 0 Å².